The topological polar surface area (TPSA) is 70.0 Å². The van der Waals surface area contributed by atoms with Gasteiger partial charge in [-0.2, -0.15) is 0 Å². The molecule has 0 radical (unpaired) electrons. The maximum absolute atomic E-state index is 10.3. The molecular weight excluding hydrogens is 210 g/mol. The molecule has 1 fully saturated rings. The molecule has 0 aromatic carbocycles. The van der Waals surface area contributed by atoms with Crippen LogP contribution in [-0.4, -0.2) is 60.5 Å². The van der Waals surface area contributed by atoms with Crippen molar-refractivity contribution in [3.63, 3.8) is 0 Å². The van der Waals surface area contributed by atoms with Gasteiger partial charge in [0.15, 0.2) is 0 Å². The molecule has 0 aliphatic heterocycles. The van der Waals surface area contributed by atoms with Crippen molar-refractivity contribution in [2.45, 2.75) is 25.4 Å². The number of aliphatic hydroxyl groups excluding tert-OH is 1. The molecule has 2 N–H and O–H groups in total. The lowest BCUT2D eigenvalue weighted by Gasteiger charge is -2.19. The minimum Gasteiger partial charge on any atom is -0.481 e. The Labute approximate surface area is 96.0 Å². The number of likely N-dealkylation sites (N-methyl/N-ethyl adjacent to an activating group) is 1. The number of hydrogen-bond donors (Lipinski definition) is 2. The summed E-state index contributed by atoms with van der Waals surface area (Å²) in [6.07, 6.45) is 1.57. The van der Waals surface area contributed by atoms with Gasteiger partial charge in [0.25, 0.3) is 0 Å². The van der Waals surface area contributed by atoms with Gasteiger partial charge in [-0.1, -0.05) is 0 Å². The van der Waals surface area contributed by atoms with E-state index in [9.17, 15) is 9.90 Å². The van der Waals surface area contributed by atoms with Crippen LogP contribution in [0, 0.1) is 5.92 Å². The van der Waals surface area contributed by atoms with Crippen LogP contribution >= 0.6 is 0 Å². The summed E-state index contributed by atoms with van der Waals surface area (Å²) in [5.74, 6) is -0.200. The molecule has 5 heteroatoms. The third-order valence-corrected chi connectivity index (χ3v) is 2.60. The Hall–Kier alpha value is -0.650. The Kier molecular flexibility index (Phi) is 5.73. The molecule has 5 nitrogen and oxygen atoms in total. The second-order valence-corrected chi connectivity index (χ2v) is 4.53. The first-order valence-corrected chi connectivity index (χ1v) is 5.74. The smallest absolute Gasteiger partial charge is 0.306 e. The first-order chi connectivity index (χ1) is 7.58. The first-order valence-electron chi connectivity index (χ1n) is 5.74. The molecule has 0 heterocycles. The normalized spacial score (nSPS) is 17.7. The fourth-order valence-corrected chi connectivity index (χ4v) is 1.47. The van der Waals surface area contributed by atoms with E-state index in [1.54, 1.807) is 0 Å². The van der Waals surface area contributed by atoms with Crippen LogP contribution in [0.2, 0.25) is 0 Å². The Bertz CT molecular complexity index is 218. The van der Waals surface area contributed by atoms with Crippen molar-refractivity contribution in [3.8, 4) is 0 Å². The van der Waals surface area contributed by atoms with E-state index in [2.05, 4.69) is 0 Å². The zero-order valence-electron chi connectivity index (χ0n) is 9.76. The number of rotatable bonds is 9. The Morgan fingerprint density at radius 1 is 1.56 bits per heavy atom. The van der Waals surface area contributed by atoms with Crippen molar-refractivity contribution in [2.24, 2.45) is 5.92 Å². The fraction of sp³-hybridized carbons (Fsp3) is 0.909. The quantitative estimate of drug-likeness (QED) is 0.554. The van der Waals surface area contributed by atoms with E-state index >= 15 is 0 Å². The molecule has 1 aliphatic rings. The Morgan fingerprint density at radius 3 is 2.81 bits per heavy atom. The Morgan fingerprint density at radius 2 is 2.25 bits per heavy atom. The van der Waals surface area contributed by atoms with Crippen molar-refractivity contribution in [1.82, 2.24) is 4.90 Å². The third-order valence-electron chi connectivity index (χ3n) is 2.60. The van der Waals surface area contributed by atoms with Crippen LogP contribution < -0.4 is 0 Å². The Balaban J connectivity index is 1.95. The molecule has 0 spiro atoms. The van der Waals surface area contributed by atoms with Gasteiger partial charge in [-0.25, -0.2) is 0 Å². The summed E-state index contributed by atoms with van der Waals surface area (Å²) in [5, 5.41) is 17.9. The van der Waals surface area contributed by atoms with Gasteiger partial charge in [0, 0.05) is 19.7 Å². The van der Waals surface area contributed by atoms with Crippen LogP contribution in [-0.2, 0) is 9.53 Å². The van der Waals surface area contributed by atoms with Crippen molar-refractivity contribution in [2.75, 3.05) is 33.4 Å². The van der Waals surface area contributed by atoms with Crippen molar-refractivity contribution in [1.29, 1.82) is 0 Å². The molecule has 0 aromatic rings. The fourth-order valence-electron chi connectivity index (χ4n) is 1.47. The number of ether oxygens (including phenoxy) is 1. The number of carboxylic acid groups (broad SMARTS) is 1. The number of carbonyl (C=O) groups is 1. The van der Waals surface area contributed by atoms with Gasteiger partial charge in [-0.3, -0.25) is 4.79 Å². The van der Waals surface area contributed by atoms with Crippen LogP contribution in [0.1, 0.15) is 19.3 Å². The summed E-state index contributed by atoms with van der Waals surface area (Å²) < 4.78 is 5.45. The molecule has 0 saturated heterocycles. The van der Waals surface area contributed by atoms with Gasteiger partial charge in [0.05, 0.1) is 19.1 Å². The highest BCUT2D eigenvalue weighted by Gasteiger charge is 2.21. The number of nitrogens with zero attached hydrogens (tertiary/aromatic N) is 1. The molecule has 1 aliphatic carbocycles. The summed E-state index contributed by atoms with van der Waals surface area (Å²) in [5.41, 5.74) is 0. The summed E-state index contributed by atoms with van der Waals surface area (Å²) >= 11 is 0. The molecule has 1 saturated carbocycles. The molecule has 16 heavy (non-hydrogen) atoms. The highest BCUT2D eigenvalue weighted by Crippen LogP contribution is 2.28. The second kappa shape index (κ2) is 6.83. The van der Waals surface area contributed by atoms with Gasteiger partial charge in [0.2, 0.25) is 0 Å². The van der Waals surface area contributed by atoms with E-state index < -0.39 is 12.1 Å². The molecule has 1 unspecified atom stereocenters. The van der Waals surface area contributed by atoms with Gasteiger partial charge in [-0.05, 0) is 25.8 Å². The van der Waals surface area contributed by atoms with E-state index in [0.717, 1.165) is 19.1 Å². The zero-order valence-corrected chi connectivity index (χ0v) is 9.76. The van der Waals surface area contributed by atoms with Crippen LogP contribution in [0.3, 0.4) is 0 Å². The van der Waals surface area contributed by atoms with Crippen molar-refractivity contribution >= 4 is 5.97 Å². The molecule has 1 rings (SSSR count). The summed E-state index contributed by atoms with van der Waals surface area (Å²) in [4.78, 5) is 12.2. The van der Waals surface area contributed by atoms with E-state index in [0.29, 0.717) is 13.2 Å². The lowest BCUT2D eigenvalue weighted by atomic mass is 10.2. The van der Waals surface area contributed by atoms with E-state index in [1.165, 1.54) is 12.8 Å². The molecule has 1 atom stereocenters. The predicted molar refractivity (Wildman–Crippen MR) is 59.3 cm³/mol. The minimum atomic E-state index is -0.967. The van der Waals surface area contributed by atoms with E-state index in [1.807, 2.05) is 11.9 Å². The highest BCUT2D eigenvalue weighted by molar-refractivity contribution is 5.67. The standard InChI is InChI=1S/C11H21NO4/c1-12(7-10(13)6-11(14)15)4-5-16-8-9-2-3-9/h9-10,13H,2-8H2,1H3,(H,14,15). The van der Waals surface area contributed by atoms with Gasteiger partial charge in [-0.15, -0.1) is 0 Å². The maximum atomic E-state index is 10.3. The predicted octanol–water partition coefficient (Wildman–Crippen LogP) is 0.180. The van der Waals surface area contributed by atoms with E-state index in [-0.39, 0.29) is 6.42 Å². The largest absolute Gasteiger partial charge is 0.481 e. The summed E-state index contributed by atoms with van der Waals surface area (Å²) in [6.45, 7) is 2.58. The zero-order chi connectivity index (χ0) is 12.0. The monoisotopic (exact) mass is 231 g/mol. The van der Waals surface area contributed by atoms with Gasteiger partial charge >= 0.3 is 5.97 Å². The van der Waals surface area contributed by atoms with Crippen LogP contribution in [0.15, 0.2) is 0 Å². The molecule has 94 valence electrons. The van der Waals surface area contributed by atoms with Gasteiger partial charge < -0.3 is 19.8 Å². The van der Waals surface area contributed by atoms with Crippen LogP contribution in [0.5, 0.6) is 0 Å². The summed E-state index contributed by atoms with van der Waals surface area (Å²) in [6, 6.07) is 0. The molecule has 0 bridgehead atoms. The van der Waals surface area contributed by atoms with Gasteiger partial charge in [0.1, 0.15) is 0 Å². The highest BCUT2D eigenvalue weighted by atomic mass is 16.5. The lowest BCUT2D eigenvalue weighted by molar-refractivity contribution is -0.139. The van der Waals surface area contributed by atoms with Crippen molar-refractivity contribution in [3.05, 3.63) is 0 Å². The molecule has 0 aromatic heterocycles. The number of aliphatic hydroxyl groups is 1. The maximum Gasteiger partial charge on any atom is 0.306 e. The average molecular weight is 231 g/mol. The summed E-state index contributed by atoms with van der Waals surface area (Å²) in [7, 11) is 1.85. The molecular formula is C11H21NO4. The minimum absolute atomic E-state index is 0.201. The number of hydrogen-bond acceptors (Lipinski definition) is 4. The average Bonchev–Trinajstić information content (AvgIpc) is 2.94. The molecule has 0 amide bonds. The van der Waals surface area contributed by atoms with Crippen molar-refractivity contribution < 1.29 is 19.7 Å². The lowest BCUT2D eigenvalue weighted by Crippen LogP contribution is -2.33. The number of aliphatic carboxylic acids is 1. The second-order valence-electron chi connectivity index (χ2n) is 4.53. The van der Waals surface area contributed by atoms with Crippen LogP contribution in [0.25, 0.3) is 0 Å². The van der Waals surface area contributed by atoms with Crippen LogP contribution in [0.4, 0.5) is 0 Å². The third kappa shape index (κ3) is 6.76. The van der Waals surface area contributed by atoms with E-state index in [4.69, 9.17) is 9.84 Å². The SMILES string of the molecule is CN(CCOCC1CC1)CC(O)CC(=O)O. The first kappa shape index (κ1) is 13.4. The number of carboxylic acids is 1.